The highest BCUT2D eigenvalue weighted by molar-refractivity contribution is 6.11. The molecule has 0 aliphatic rings. The predicted molar refractivity (Wildman–Crippen MR) is 195 cm³/mol. The Bertz CT molecular complexity index is 2750. The standard InChI is InChI=1S/C44H26N4/c45-27-31-24-25-33(47-41-17-6-2-12-35(41)36-13-3-7-18-42(36)47)26-39(31)30-22-20-29(21-23-30)34-11-1-5-16-40(34)48-43-19-8-4-14-37(43)38-15-9-10-32(28-46)44(38)48/h1-26H. The largest absolute Gasteiger partial charge is 0.309 e. The van der Waals surface area contributed by atoms with E-state index in [2.05, 4.69) is 137 Å². The van der Waals surface area contributed by atoms with Gasteiger partial charge < -0.3 is 9.13 Å². The molecule has 9 aromatic rings. The summed E-state index contributed by atoms with van der Waals surface area (Å²) >= 11 is 0. The predicted octanol–water partition coefficient (Wildman–Crippen LogP) is 11.0. The molecule has 2 aromatic heterocycles. The van der Waals surface area contributed by atoms with Gasteiger partial charge in [-0.15, -0.1) is 0 Å². The van der Waals surface area contributed by atoms with Gasteiger partial charge in [-0.1, -0.05) is 109 Å². The van der Waals surface area contributed by atoms with Crippen LogP contribution in [0.15, 0.2) is 158 Å². The number of para-hydroxylation sites is 5. The van der Waals surface area contributed by atoms with Crippen LogP contribution in [0.25, 0.3) is 77.2 Å². The molecule has 0 spiro atoms. The molecule has 2 heterocycles. The normalized spacial score (nSPS) is 11.3. The van der Waals surface area contributed by atoms with E-state index in [0.717, 1.165) is 66.5 Å². The van der Waals surface area contributed by atoms with E-state index in [4.69, 9.17) is 0 Å². The average molecular weight is 611 g/mol. The van der Waals surface area contributed by atoms with Gasteiger partial charge >= 0.3 is 0 Å². The summed E-state index contributed by atoms with van der Waals surface area (Å²) in [6, 6.07) is 58.9. The Morgan fingerprint density at radius 2 is 0.917 bits per heavy atom. The van der Waals surface area contributed by atoms with Crippen molar-refractivity contribution in [2.75, 3.05) is 0 Å². The van der Waals surface area contributed by atoms with E-state index in [9.17, 15) is 10.5 Å². The Morgan fingerprint density at radius 1 is 0.396 bits per heavy atom. The molecular weight excluding hydrogens is 585 g/mol. The fourth-order valence-corrected chi connectivity index (χ4v) is 7.31. The van der Waals surface area contributed by atoms with Crippen molar-refractivity contribution in [3.05, 3.63) is 169 Å². The molecule has 4 nitrogen and oxygen atoms in total. The molecule has 0 unspecified atom stereocenters. The van der Waals surface area contributed by atoms with Gasteiger partial charge in [-0.05, 0) is 59.7 Å². The lowest BCUT2D eigenvalue weighted by molar-refractivity contribution is 1.18. The molecule has 0 aliphatic carbocycles. The van der Waals surface area contributed by atoms with E-state index >= 15 is 0 Å². The number of hydrogen-bond donors (Lipinski definition) is 0. The first-order valence-electron chi connectivity index (χ1n) is 15.9. The van der Waals surface area contributed by atoms with Gasteiger partial charge in [0.25, 0.3) is 0 Å². The first-order valence-corrected chi connectivity index (χ1v) is 15.9. The minimum atomic E-state index is 0.627. The monoisotopic (exact) mass is 610 g/mol. The number of nitrogens with zero attached hydrogens (tertiary/aromatic N) is 4. The van der Waals surface area contributed by atoms with Gasteiger partial charge in [-0.2, -0.15) is 10.5 Å². The zero-order valence-corrected chi connectivity index (χ0v) is 25.8. The van der Waals surface area contributed by atoms with Gasteiger partial charge in [-0.25, -0.2) is 0 Å². The molecule has 0 fully saturated rings. The lowest BCUT2D eigenvalue weighted by Gasteiger charge is -2.15. The van der Waals surface area contributed by atoms with Crippen molar-refractivity contribution in [2.24, 2.45) is 0 Å². The number of aromatic nitrogens is 2. The van der Waals surface area contributed by atoms with Crippen LogP contribution >= 0.6 is 0 Å². The molecular formula is C44H26N4. The Labute approximate surface area is 277 Å². The van der Waals surface area contributed by atoms with Gasteiger partial charge in [0, 0.05) is 38.4 Å². The zero-order valence-electron chi connectivity index (χ0n) is 25.8. The van der Waals surface area contributed by atoms with Crippen LogP contribution < -0.4 is 0 Å². The Kier molecular flexibility index (Phi) is 6.22. The summed E-state index contributed by atoms with van der Waals surface area (Å²) in [5.41, 5.74) is 11.5. The molecule has 7 aromatic carbocycles. The van der Waals surface area contributed by atoms with E-state index < -0.39 is 0 Å². The Hall–Kier alpha value is -6.88. The van der Waals surface area contributed by atoms with Crippen LogP contribution in [0.3, 0.4) is 0 Å². The third-order valence-corrected chi connectivity index (χ3v) is 9.43. The maximum Gasteiger partial charge on any atom is 0.101 e. The van der Waals surface area contributed by atoms with E-state index in [1.807, 2.05) is 42.5 Å². The third-order valence-electron chi connectivity index (χ3n) is 9.43. The molecule has 0 aliphatic heterocycles. The summed E-state index contributed by atoms with van der Waals surface area (Å²) in [5, 5.41) is 24.8. The van der Waals surface area contributed by atoms with Gasteiger partial charge in [0.1, 0.15) is 6.07 Å². The fourth-order valence-electron chi connectivity index (χ4n) is 7.31. The zero-order chi connectivity index (χ0) is 32.2. The first-order chi connectivity index (χ1) is 23.7. The Balaban J connectivity index is 1.19. The van der Waals surface area contributed by atoms with Crippen molar-refractivity contribution in [2.45, 2.75) is 0 Å². The highest BCUT2D eigenvalue weighted by Gasteiger charge is 2.18. The van der Waals surface area contributed by atoms with E-state index in [1.54, 1.807) is 0 Å². The Morgan fingerprint density at radius 3 is 1.56 bits per heavy atom. The van der Waals surface area contributed by atoms with Crippen LogP contribution in [0.4, 0.5) is 0 Å². The highest BCUT2D eigenvalue weighted by atomic mass is 15.0. The van der Waals surface area contributed by atoms with Crippen LogP contribution in [0.2, 0.25) is 0 Å². The minimum Gasteiger partial charge on any atom is -0.309 e. The van der Waals surface area contributed by atoms with Crippen molar-refractivity contribution in [1.82, 2.24) is 9.13 Å². The fraction of sp³-hybridized carbons (Fsp3) is 0. The molecule has 0 atom stereocenters. The number of fused-ring (bicyclic) bond motifs is 6. The topological polar surface area (TPSA) is 57.4 Å². The second kappa shape index (κ2) is 10.9. The van der Waals surface area contributed by atoms with E-state index in [0.29, 0.717) is 11.1 Å². The van der Waals surface area contributed by atoms with Crippen molar-refractivity contribution in [3.8, 4) is 45.8 Å². The van der Waals surface area contributed by atoms with Crippen LogP contribution in [-0.2, 0) is 0 Å². The van der Waals surface area contributed by atoms with Gasteiger partial charge in [0.15, 0.2) is 0 Å². The molecule has 9 rings (SSSR count). The average Bonchev–Trinajstić information content (AvgIpc) is 3.68. The molecule has 0 saturated heterocycles. The van der Waals surface area contributed by atoms with Crippen LogP contribution in [0.5, 0.6) is 0 Å². The second-order valence-corrected chi connectivity index (χ2v) is 12.0. The summed E-state index contributed by atoms with van der Waals surface area (Å²) in [4.78, 5) is 0. The smallest absolute Gasteiger partial charge is 0.101 e. The SMILES string of the molecule is N#Cc1ccc(-n2c3ccccc3c3ccccc32)cc1-c1ccc(-c2ccccc2-n2c3ccccc3c3cccc(C#N)c32)cc1. The number of rotatable bonds is 4. The van der Waals surface area contributed by atoms with Crippen molar-refractivity contribution < 1.29 is 0 Å². The van der Waals surface area contributed by atoms with Gasteiger partial charge in [0.05, 0.1) is 45.0 Å². The summed E-state index contributed by atoms with van der Waals surface area (Å²) in [5.74, 6) is 0. The summed E-state index contributed by atoms with van der Waals surface area (Å²) in [7, 11) is 0. The van der Waals surface area contributed by atoms with Crippen molar-refractivity contribution in [1.29, 1.82) is 10.5 Å². The molecule has 0 saturated carbocycles. The molecule has 0 bridgehead atoms. The molecule has 48 heavy (non-hydrogen) atoms. The van der Waals surface area contributed by atoms with Crippen molar-refractivity contribution >= 4 is 43.6 Å². The highest BCUT2D eigenvalue weighted by Crippen LogP contribution is 2.39. The van der Waals surface area contributed by atoms with E-state index in [-0.39, 0.29) is 0 Å². The molecule has 222 valence electrons. The lowest BCUT2D eigenvalue weighted by atomic mass is 9.96. The number of benzene rings is 7. The van der Waals surface area contributed by atoms with Crippen molar-refractivity contribution in [3.63, 3.8) is 0 Å². The van der Waals surface area contributed by atoms with Crippen LogP contribution in [-0.4, -0.2) is 9.13 Å². The summed E-state index contributed by atoms with van der Waals surface area (Å²) in [6.45, 7) is 0. The third kappa shape index (κ3) is 4.07. The molecule has 0 radical (unpaired) electrons. The summed E-state index contributed by atoms with van der Waals surface area (Å²) in [6.07, 6.45) is 0. The maximum absolute atomic E-state index is 10.2. The lowest BCUT2D eigenvalue weighted by Crippen LogP contribution is -1.98. The number of hydrogen-bond acceptors (Lipinski definition) is 2. The first kappa shape index (κ1) is 27.4. The minimum absolute atomic E-state index is 0.627. The second-order valence-electron chi connectivity index (χ2n) is 12.0. The van der Waals surface area contributed by atoms with Gasteiger partial charge in [-0.3, -0.25) is 0 Å². The van der Waals surface area contributed by atoms with Gasteiger partial charge in [0.2, 0.25) is 0 Å². The summed E-state index contributed by atoms with van der Waals surface area (Å²) < 4.78 is 4.50. The number of nitriles is 2. The van der Waals surface area contributed by atoms with E-state index in [1.165, 1.54) is 10.8 Å². The van der Waals surface area contributed by atoms with Crippen LogP contribution in [0, 0.1) is 22.7 Å². The molecule has 0 N–H and O–H groups in total. The molecule has 4 heteroatoms. The maximum atomic E-state index is 10.2. The molecule has 0 amide bonds. The quantitative estimate of drug-likeness (QED) is 0.199. The van der Waals surface area contributed by atoms with Crippen LogP contribution in [0.1, 0.15) is 11.1 Å².